The third kappa shape index (κ3) is 7.79. The summed E-state index contributed by atoms with van der Waals surface area (Å²) >= 11 is 1.77. The van der Waals surface area contributed by atoms with E-state index < -0.39 is 0 Å². The van der Waals surface area contributed by atoms with Gasteiger partial charge in [-0.2, -0.15) is 0 Å². The Bertz CT molecular complexity index is 1810. The van der Waals surface area contributed by atoms with Crippen LogP contribution >= 0.6 is 11.3 Å². The van der Waals surface area contributed by atoms with E-state index in [1.807, 2.05) is 34.6 Å². The molecule has 2 aromatic carbocycles. The van der Waals surface area contributed by atoms with Crippen molar-refractivity contribution in [3.63, 3.8) is 0 Å². The van der Waals surface area contributed by atoms with Crippen molar-refractivity contribution in [2.45, 2.75) is 100 Å². The van der Waals surface area contributed by atoms with E-state index in [9.17, 15) is 9.90 Å². The molecular formula is C39H48IrNO3S-. The molecule has 0 bridgehead atoms. The van der Waals surface area contributed by atoms with Crippen LogP contribution in [0.25, 0.3) is 43.2 Å². The zero-order valence-corrected chi connectivity index (χ0v) is 31.7. The second kappa shape index (κ2) is 15.2. The van der Waals surface area contributed by atoms with Crippen LogP contribution in [0.3, 0.4) is 0 Å². The van der Waals surface area contributed by atoms with Gasteiger partial charge in [-0.15, -0.1) is 40.5 Å². The molecule has 6 heteroatoms. The number of nitrogens with zero attached hydrogens (tertiary/aromatic N) is 1. The van der Waals surface area contributed by atoms with Gasteiger partial charge in [0, 0.05) is 54.0 Å². The number of rotatable bonds is 8. The molecule has 0 fully saturated rings. The molecule has 0 saturated heterocycles. The van der Waals surface area contributed by atoms with Crippen molar-refractivity contribution in [3.05, 3.63) is 76.1 Å². The summed E-state index contributed by atoms with van der Waals surface area (Å²) in [7, 11) is 0. The Balaban J connectivity index is 0.000000297. The monoisotopic (exact) mass is 803 g/mol. The fourth-order valence-electron chi connectivity index (χ4n) is 5.90. The van der Waals surface area contributed by atoms with Gasteiger partial charge in [0.15, 0.2) is 5.78 Å². The fourth-order valence-corrected chi connectivity index (χ4v) is 6.99. The predicted octanol–water partition coefficient (Wildman–Crippen LogP) is 11.8. The van der Waals surface area contributed by atoms with E-state index in [-0.39, 0.29) is 48.9 Å². The van der Waals surface area contributed by atoms with E-state index >= 15 is 0 Å². The molecule has 0 aliphatic heterocycles. The van der Waals surface area contributed by atoms with Crippen LogP contribution in [0.4, 0.5) is 0 Å². The second-order valence-corrected chi connectivity index (χ2v) is 14.1. The van der Waals surface area contributed by atoms with Crippen LogP contribution in [0, 0.1) is 38.7 Å². The van der Waals surface area contributed by atoms with Gasteiger partial charge in [0.2, 0.25) is 0 Å². The Morgan fingerprint density at radius 1 is 0.978 bits per heavy atom. The zero-order chi connectivity index (χ0) is 32.3. The van der Waals surface area contributed by atoms with Crippen LogP contribution in [0.15, 0.2) is 52.7 Å². The number of aromatic nitrogens is 1. The average molecular weight is 803 g/mol. The first-order chi connectivity index (χ1) is 20.8. The number of fused-ring (bicyclic) bond motifs is 4. The number of aliphatic hydroxyl groups excluding tert-OH is 1. The van der Waals surface area contributed by atoms with Crippen molar-refractivity contribution >= 4 is 49.1 Å². The smallest absolute Gasteiger partial charge is 0.162 e. The van der Waals surface area contributed by atoms with Crippen LogP contribution in [0.5, 0.6) is 0 Å². The third-order valence-electron chi connectivity index (χ3n) is 8.81. The van der Waals surface area contributed by atoms with E-state index in [0.29, 0.717) is 0 Å². The first-order valence-electron chi connectivity index (χ1n) is 16.0. The SMILES string of the molecule is CCC(CC)C(=O)/C=C(\O)C(CC)CC.Cc1cc2c(-c3[c-]c4ccccc4c(C(C)(C)C)c3)nc3c(C)c(C)sc3c2o1.[Ir]. The van der Waals surface area contributed by atoms with Crippen LogP contribution in [0.1, 0.15) is 95.9 Å². The van der Waals surface area contributed by atoms with Gasteiger partial charge in [-0.1, -0.05) is 77.6 Å². The molecule has 5 rings (SSSR count). The van der Waals surface area contributed by atoms with E-state index in [1.165, 1.54) is 27.5 Å². The van der Waals surface area contributed by atoms with Crippen molar-refractivity contribution in [3.8, 4) is 11.3 Å². The number of benzene rings is 2. The summed E-state index contributed by atoms with van der Waals surface area (Å²) in [5, 5.41) is 13.2. The summed E-state index contributed by atoms with van der Waals surface area (Å²) in [6, 6.07) is 16.5. The maximum absolute atomic E-state index is 11.7. The Morgan fingerprint density at radius 2 is 1.60 bits per heavy atom. The van der Waals surface area contributed by atoms with Gasteiger partial charge in [0.1, 0.15) is 11.3 Å². The van der Waals surface area contributed by atoms with Crippen LogP contribution in [-0.2, 0) is 30.3 Å². The first-order valence-corrected chi connectivity index (χ1v) is 16.9. The number of allylic oxidation sites excluding steroid dienone is 2. The Kier molecular flexibility index (Phi) is 12.4. The van der Waals surface area contributed by atoms with Crippen molar-refractivity contribution < 1.29 is 34.4 Å². The van der Waals surface area contributed by atoms with Gasteiger partial charge in [0.25, 0.3) is 0 Å². The van der Waals surface area contributed by atoms with Gasteiger partial charge < -0.3 is 9.52 Å². The molecule has 0 saturated carbocycles. The molecule has 0 aliphatic rings. The molecular weight excluding hydrogens is 755 g/mol. The summed E-state index contributed by atoms with van der Waals surface area (Å²) < 4.78 is 7.30. The molecule has 5 aromatic rings. The maximum Gasteiger partial charge on any atom is 0.162 e. The number of pyridine rings is 1. The summed E-state index contributed by atoms with van der Waals surface area (Å²) in [5.74, 6) is 1.46. The minimum absolute atomic E-state index is 0. The van der Waals surface area contributed by atoms with Gasteiger partial charge in [-0.25, -0.2) is 0 Å². The van der Waals surface area contributed by atoms with Crippen LogP contribution < -0.4 is 0 Å². The van der Waals surface area contributed by atoms with Gasteiger partial charge in [0.05, 0.1) is 16.0 Å². The third-order valence-corrected chi connectivity index (χ3v) is 10.0. The number of carbonyl (C=O) groups excluding carboxylic acids is 1. The quantitative estimate of drug-likeness (QED) is 0.0964. The summed E-state index contributed by atoms with van der Waals surface area (Å²) in [6.07, 6.45) is 4.91. The van der Waals surface area contributed by atoms with Crippen molar-refractivity contribution in [1.82, 2.24) is 4.98 Å². The van der Waals surface area contributed by atoms with E-state index in [2.05, 4.69) is 77.1 Å². The number of aryl methyl sites for hydroxylation is 3. The van der Waals surface area contributed by atoms with E-state index in [4.69, 9.17) is 9.40 Å². The van der Waals surface area contributed by atoms with E-state index in [1.54, 1.807) is 11.3 Å². The average Bonchev–Trinajstić information content (AvgIpc) is 3.51. The normalized spacial score (nSPS) is 12.2. The number of aliphatic hydroxyl groups is 1. The first kappa shape index (κ1) is 36.7. The van der Waals surface area contributed by atoms with E-state index in [0.717, 1.165) is 69.3 Å². The summed E-state index contributed by atoms with van der Waals surface area (Å²) in [5.41, 5.74) is 6.56. The molecule has 0 amide bonds. The fraction of sp³-hybridized carbons (Fsp3) is 0.436. The molecule has 243 valence electrons. The maximum atomic E-state index is 11.7. The Hall–Kier alpha value is -2.79. The Morgan fingerprint density at radius 3 is 2.20 bits per heavy atom. The predicted molar refractivity (Wildman–Crippen MR) is 188 cm³/mol. The number of ketones is 1. The van der Waals surface area contributed by atoms with Crippen LogP contribution in [0.2, 0.25) is 0 Å². The van der Waals surface area contributed by atoms with Crippen LogP contribution in [-0.4, -0.2) is 15.9 Å². The summed E-state index contributed by atoms with van der Waals surface area (Å²) in [4.78, 5) is 18.2. The molecule has 45 heavy (non-hydrogen) atoms. The number of hydrogen-bond donors (Lipinski definition) is 1. The van der Waals surface area contributed by atoms with Crippen molar-refractivity contribution in [1.29, 1.82) is 0 Å². The molecule has 0 aliphatic carbocycles. The van der Waals surface area contributed by atoms with Gasteiger partial charge >= 0.3 is 0 Å². The number of hydrogen-bond acceptors (Lipinski definition) is 5. The largest absolute Gasteiger partial charge is 0.512 e. The molecule has 3 heterocycles. The molecule has 4 nitrogen and oxygen atoms in total. The molecule has 1 radical (unpaired) electrons. The Labute approximate surface area is 286 Å². The molecule has 0 unspecified atom stereocenters. The number of furan rings is 1. The molecule has 0 atom stereocenters. The number of carbonyl (C=O) groups is 1. The minimum Gasteiger partial charge on any atom is -0.512 e. The minimum atomic E-state index is 0. The number of thiophene rings is 1. The standard InChI is InChI=1S/C26H24NOS.C13H24O2.Ir/c1-14-11-20-23(27-22-15(2)16(3)29-25(22)24(20)28-14)18-12-17-9-7-8-10-19(17)21(13-18)26(4,5)6;1-5-10(6-2)12(14)9-13(15)11(7-3)8-4;/h7-11,13H,1-6H3;9-11,14H,5-8H2,1-4H3;/q-1;;/b;12-9-;. The zero-order valence-electron chi connectivity index (χ0n) is 28.5. The van der Waals surface area contributed by atoms with Crippen molar-refractivity contribution in [2.75, 3.05) is 0 Å². The molecule has 1 N–H and O–H groups in total. The molecule has 3 aromatic heterocycles. The summed E-state index contributed by atoms with van der Waals surface area (Å²) in [6.45, 7) is 21.2. The second-order valence-electron chi connectivity index (χ2n) is 12.9. The van der Waals surface area contributed by atoms with Crippen molar-refractivity contribution in [2.24, 2.45) is 11.8 Å². The topological polar surface area (TPSA) is 63.3 Å². The molecule has 0 spiro atoms. The van der Waals surface area contributed by atoms with Gasteiger partial charge in [-0.3, -0.25) is 9.78 Å². The van der Waals surface area contributed by atoms with Gasteiger partial charge in [-0.05, 0) is 63.5 Å².